The lowest BCUT2D eigenvalue weighted by Crippen LogP contribution is -2.28. The van der Waals surface area contributed by atoms with Crippen LogP contribution in [0.25, 0.3) is 0 Å². The minimum atomic E-state index is -3.34. The summed E-state index contributed by atoms with van der Waals surface area (Å²) in [6.45, 7) is 0.0572. The van der Waals surface area contributed by atoms with E-state index in [1.54, 1.807) is 6.07 Å². The molecule has 0 atom stereocenters. The van der Waals surface area contributed by atoms with Gasteiger partial charge in [0, 0.05) is 20.6 Å². The molecule has 0 fully saturated rings. The normalized spacial score (nSPS) is 11.6. The molecule has 0 aliphatic rings. The number of nitro groups is 1. The second kappa shape index (κ2) is 6.18. The average molecular weight is 308 g/mol. The molecule has 0 aromatic heterocycles. The van der Waals surface area contributed by atoms with E-state index < -0.39 is 14.9 Å². The first kappa shape index (κ1) is 15.7. The molecular formula is C10H14ClN3O4S. The highest BCUT2D eigenvalue weighted by Crippen LogP contribution is 2.31. The molecule has 0 aliphatic heterocycles. The van der Waals surface area contributed by atoms with Gasteiger partial charge in [-0.25, -0.2) is 12.7 Å². The molecule has 19 heavy (non-hydrogen) atoms. The van der Waals surface area contributed by atoms with Crippen LogP contribution >= 0.6 is 11.6 Å². The van der Waals surface area contributed by atoms with Gasteiger partial charge in [0.1, 0.15) is 10.7 Å². The van der Waals surface area contributed by atoms with Gasteiger partial charge in [-0.1, -0.05) is 17.7 Å². The van der Waals surface area contributed by atoms with Crippen LogP contribution in [-0.4, -0.2) is 44.0 Å². The molecule has 7 nitrogen and oxygen atoms in total. The predicted octanol–water partition coefficient (Wildman–Crippen LogP) is 1.55. The highest BCUT2D eigenvalue weighted by molar-refractivity contribution is 7.89. The molecule has 0 aliphatic carbocycles. The van der Waals surface area contributed by atoms with Crippen LogP contribution in [0, 0.1) is 10.1 Å². The summed E-state index contributed by atoms with van der Waals surface area (Å²) >= 11 is 5.74. The number of rotatable bonds is 6. The zero-order valence-corrected chi connectivity index (χ0v) is 12.0. The standard InChI is InChI=1S/C10H14ClN3O4S/c1-13(2)19(17,18)7-6-12-9-5-3-4-8(11)10(9)14(15)16/h3-5,12H,6-7H2,1-2H3. The largest absolute Gasteiger partial charge is 0.378 e. The zero-order chi connectivity index (χ0) is 14.6. The molecule has 0 saturated carbocycles. The number of halogens is 1. The Bertz CT molecular complexity index is 574. The van der Waals surface area contributed by atoms with Gasteiger partial charge in [-0.05, 0) is 12.1 Å². The Morgan fingerprint density at radius 3 is 2.58 bits per heavy atom. The van der Waals surface area contributed by atoms with E-state index in [-0.39, 0.29) is 28.7 Å². The van der Waals surface area contributed by atoms with Crippen molar-refractivity contribution in [2.24, 2.45) is 0 Å². The first-order chi connectivity index (χ1) is 8.75. The molecule has 1 aromatic rings. The van der Waals surface area contributed by atoms with Gasteiger partial charge in [-0.3, -0.25) is 10.1 Å². The molecule has 106 valence electrons. The number of nitrogens with one attached hydrogen (secondary N) is 1. The lowest BCUT2D eigenvalue weighted by Gasteiger charge is -2.12. The molecule has 1 rings (SSSR count). The van der Waals surface area contributed by atoms with Gasteiger partial charge in [0.25, 0.3) is 0 Å². The van der Waals surface area contributed by atoms with Gasteiger partial charge in [0.05, 0.1) is 10.7 Å². The highest BCUT2D eigenvalue weighted by atomic mass is 35.5. The predicted molar refractivity (Wildman–Crippen MR) is 74.1 cm³/mol. The van der Waals surface area contributed by atoms with E-state index in [1.807, 2.05) is 0 Å². The van der Waals surface area contributed by atoms with Crippen molar-refractivity contribution in [1.29, 1.82) is 0 Å². The average Bonchev–Trinajstić information content (AvgIpc) is 2.27. The molecule has 0 heterocycles. The summed E-state index contributed by atoms with van der Waals surface area (Å²) in [4.78, 5) is 10.3. The van der Waals surface area contributed by atoms with Crippen molar-refractivity contribution >= 4 is 33.0 Å². The van der Waals surface area contributed by atoms with E-state index in [1.165, 1.54) is 26.2 Å². The van der Waals surface area contributed by atoms with Crippen LogP contribution in [0.3, 0.4) is 0 Å². The molecule has 0 unspecified atom stereocenters. The van der Waals surface area contributed by atoms with Crippen molar-refractivity contribution in [1.82, 2.24) is 4.31 Å². The quantitative estimate of drug-likeness (QED) is 0.636. The molecular weight excluding hydrogens is 294 g/mol. The Morgan fingerprint density at radius 2 is 2.05 bits per heavy atom. The van der Waals surface area contributed by atoms with Gasteiger partial charge < -0.3 is 5.32 Å². The van der Waals surface area contributed by atoms with Crippen molar-refractivity contribution in [2.75, 3.05) is 31.7 Å². The van der Waals surface area contributed by atoms with Crippen LogP contribution in [0.2, 0.25) is 5.02 Å². The summed E-state index contributed by atoms with van der Waals surface area (Å²) in [7, 11) is -0.488. The van der Waals surface area contributed by atoms with Crippen LogP contribution in [0.1, 0.15) is 0 Å². The number of benzene rings is 1. The van der Waals surface area contributed by atoms with E-state index in [0.717, 1.165) is 4.31 Å². The molecule has 0 saturated heterocycles. The fourth-order valence-corrected chi connectivity index (χ4v) is 2.31. The first-order valence-corrected chi connectivity index (χ1v) is 7.31. The number of nitro benzene ring substituents is 1. The monoisotopic (exact) mass is 307 g/mol. The van der Waals surface area contributed by atoms with Gasteiger partial charge in [-0.15, -0.1) is 0 Å². The van der Waals surface area contributed by atoms with E-state index in [2.05, 4.69) is 5.32 Å². The summed E-state index contributed by atoms with van der Waals surface area (Å²) in [5, 5.41) is 13.6. The summed E-state index contributed by atoms with van der Waals surface area (Å²) in [5.74, 6) is -0.163. The smallest absolute Gasteiger partial charge is 0.310 e. The van der Waals surface area contributed by atoms with E-state index >= 15 is 0 Å². The maximum Gasteiger partial charge on any atom is 0.310 e. The SMILES string of the molecule is CN(C)S(=O)(=O)CCNc1cccc(Cl)c1[N+](=O)[O-]. The molecule has 1 aromatic carbocycles. The van der Waals surface area contributed by atoms with Crippen LogP contribution < -0.4 is 5.32 Å². The lowest BCUT2D eigenvalue weighted by molar-refractivity contribution is -0.383. The Balaban J connectivity index is 2.80. The van der Waals surface area contributed by atoms with Gasteiger partial charge >= 0.3 is 5.69 Å². The number of hydrogen-bond donors (Lipinski definition) is 1. The van der Waals surface area contributed by atoms with E-state index in [9.17, 15) is 18.5 Å². The molecule has 9 heteroatoms. The number of anilines is 1. The Labute approximate surface area is 116 Å². The summed E-state index contributed by atoms with van der Waals surface area (Å²) in [5.41, 5.74) is -0.0575. The number of para-hydroxylation sites is 1. The summed E-state index contributed by atoms with van der Waals surface area (Å²) in [6.07, 6.45) is 0. The maximum absolute atomic E-state index is 11.5. The lowest BCUT2D eigenvalue weighted by atomic mass is 10.2. The molecule has 0 bridgehead atoms. The van der Waals surface area contributed by atoms with Crippen LogP contribution in [0.15, 0.2) is 18.2 Å². The van der Waals surface area contributed by atoms with Gasteiger partial charge in [0.15, 0.2) is 0 Å². The highest BCUT2D eigenvalue weighted by Gasteiger charge is 2.19. The van der Waals surface area contributed by atoms with Crippen molar-refractivity contribution in [3.8, 4) is 0 Å². The number of hydrogen-bond acceptors (Lipinski definition) is 5. The Kier molecular flexibility index (Phi) is 5.10. The second-order valence-corrected chi connectivity index (χ2v) is 6.63. The fraction of sp³-hybridized carbons (Fsp3) is 0.400. The maximum atomic E-state index is 11.5. The van der Waals surface area contributed by atoms with Crippen LogP contribution in [0.4, 0.5) is 11.4 Å². The minimum Gasteiger partial charge on any atom is -0.378 e. The Hall–Kier alpha value is -1.38. The van der Waals surface area contributed by atoms with Gasteiger partial charge in [-0.2, -0.15) is 0 Å². The fourth-order valence-electron chi connectivity index (χ4n) is 1.34. The minimum absolute atomic E-state index is 0.00506. The molecule has 0 amide bonds. The third kappa shape index (κ3) is 4.05. The molecule has 0 spiro atoms. The van der Waals surface area contributed by atoms with Crippen LogP contribution in [0.5, 0.6) is 0 Å². The van der Waals surface area contributed by atoms with Crippen molar-refractivity contribution < 1.29 is 13.3 Å². The van der Waals surface area contributed by atoms with Crippen molar-refractivity contribution in [3.63, 3.8) is 0 Å². The molecule has 1 N–H and O–H groups in total. The van der Waals surface area contributed by atoms with Gasteiger partial charge in [0.2, 0.25) is 10.0 Å². The summed E-state index contributed by atoms with van der Waals surface area (Å²) in [6, 6.07) is 4.44. The van der Waals surface area contributed by atoms with Crippen LogP contribution in [-0.2, 0) is 10.0 Å². The Morgan fingerprint density at radius 1 is 1.42 bits per heavy atom. The molecule has 0 radical (unpaired) electrons. The topological polar surface area (TPSA) is 92.6 Å². The second-order valence-electron chi connectivity index (χ2n) is 3.92. The third-order valence-corrected chi connectivity index (χ3v) is 4.54. The van der Waals surface area contributed by atoms with Crippen molar-refractivity contribution in [3.05, 3.63) is 33.3 Å². The number of nitrogens with zero attached hydrogens (tertiary/aromatic N) is 2. The third-order valence-electron chi connectivity index (χ3n) is 2.40. The first-order valence-electron chi connectivity index (χ1n) is 5.32. The summed E-state index contributed by atoms with van der Waals surface area (Å²) < 4.78 is 24.2. The number of sulfonamides is 1. The van der Waals surface area contributed by atoms with E-state index in [4.69, 9.17) is 11.6 Å². The zero-order valence-electron chi connectivity index (χ0n) is 10.5. The van der Waals surface area contributed by atoms with Crippen molar-refractivity contribution in [2.45, 2.75) is 0 Å². The van der Waals surface area contributed by atoms with E-state index in [0.29, 0.717) is 0 Å².